The van der Waals surface area contributed by atoms with Crippen molar-refractivity contribution in [3.05, 3.63) is 30.9 Å². The van der Waals surface area contributed by atoms with Gasteiger partial charge in [-0.05, 0) is 37.3 Å². The highest BCUT2D eigenvalue weighted by Crippen LogP contribution is 2.40. The first-order valence-electron chi connectivity index (χ1n) is 9.08. The Morgan fingerprint density at radius 1 is 1.32 bits per heavy atom. The summed E-state index contributed by atoms with van der Waals surface area (Å²) in [6, 6.07) is 5.39. The molecule has 138 valence electrons. The van der Waals surface area contributed by atoms with Gasteiger partial charge in [0.25, 0.3) is 0 Å². The van der Waals surface area contributed by atoms with E-state index >= 15 is 0 Å². The maximum atomic E-state index is 13.6. The topological polar surface area (TPSA) is 49.9 Å². The first-order chi connectivity index (χ1) is 11.9. The van der Waals surface area contributed by atoms with Crippen LogP contribution in [0.25, 0.3) is 0 Å². The van der Waals surface area contributed by atoms with Gasteiger partial charge in [0.1, 0.15) is 17.3 Å². The van der Waals surface area contributed by atoms with E-state index in [1.807, 2.05) is 12.1 Å². The van der Waals surface area contributed by atoms with Crippen LogP contribution in [0.4, 0.5) is 5.69 Å². The summed E-state index contributed by atoms with van der Waals surface area (Å²) in [6.07, 6.45) is 4.61. The Kier molecular flexibility index (Phi) is 5.39. The second-order valence-electron chi connectivity index (χ2n) is 7.26. The largest absolute Gasteiger partial charge is 0.490 e. The molecule has 0 amide bonds. The summed E-state index contributed by atoms with van der Waals surface area (Å²) in [6.45, 7) is 10.4. The van der Waals surface area contributed by atoms with E-state index in [0.29, 0.717) is 29.7 Å². The summed E-state index contributed by atoms with van der Waals surface area (Å²) in [7, 11) is -3.65. The number of ether oxygens (including phenoxy) is 1. The van der Waals surface area contributed by atoms with Gasteiger partial charge in [0.15, 0.2) is 0 Å². The van der Waals surface area contributed by atoms with Gasteiger partial charge in [-0.15, -0.1) is 6.58 Å². The average molecular weight is 365 g/mol. The molecule has 3 rings (SSSR count). The van der Waals surface area contributed by atoms with Crippen LogP contribution in [0, 0.1) is 5.92 Å². The molecule has 1 aromatic rings. The lowest BCUT2D eigenvalue weighted by Gasteiger charge is -2.29. The van der Waals surface area contributed by atoms with Crippen molar-refractivity contribution in [1.82, 2.24) is 4.31 Å². The Balaban J connectivity index is 2.10. The van der Waals surface area contributed by atoms with Crippen LogP contribution in [0.3, 0.4) is 0 Å². The minimum atomic E-state index is -3.65. The molecule has 0 aliphatic carbocycles. The summed E-state index contributed by atoms with van der Waals surface area (Å²) >= 11 is 0. The zero-order valence-corrected chi connectivity index (χ0v) is 16.0. The van der Waals surface area contributed by atoms with E-state index < -0.39 is 10.0 Å². The summed E-state index contributed by atoms with van der Waals surface area (Å²) in [5.41, 5.74) is 0.772. The van der Waals surface area contributed by atoms with Crippen LogP contribution in [0.2, 0.25) is 0 Å². The maximum Gasteiger partial charge on any atom is 0.249 e. The molecule has 1 aromatic carbocycles. The minimum absolute atomic E-state index is 0.179. The van der Waals surface area contributed by atoms with Gasteiger partial charge in [0.05, 0.1) is 11.7 Å². The Labute approximate surface area is 151 Å². The van der Waals surface area contributed by atoms with Crippen molar-refractivity contribution < 1.29 is 13.2 Å². The molecular weight excluding hydrogens is 336 g/mol. The van der Waals surface area contributed by atoms with E-state index in [9.17, 15) is 8.42 Å². The lowest BCUT2D eigenvalue weighted by Crippen LogP contribution is -2.43. The van der Waals surface area contributed by atoms with E-state index in [2.05, 4.69) is 25.3 Å². The molecular formula is C19H28N2O3S. The lowest BCUT2D eigenvalue weighted by molar-refractivity contribution is 0.198. The van der Waals surface area contributed by atoms with Crippen LogP contribution in [-0.2, 0) is 10.0 Å². The third-order valence-corrected chi connectivity index (χ3v) is 6.85. The van der Waals surface area contributed by atoms with Crippen molar-refractivity contribution in [2.45, 2.75) is 44.0 Å². The quantitative estimate of drug-likeness (QED) is 0.753. The first kappa shape index (κ1) is 18.3. The summed E-state index contributed by atoms with van der Waals surface area (Å²) in [5.74, 6) is 0.861. The van der Waals surface area contributed by atoms with Gasteiger partial charge in [-0.2, -0.15) is 4.31 Å². The molecule has 2 heterocycles. The molecule has 0 saturated carbocycles. The molecule has 0 N–H and O–H groups in total. The van der Waals surface area contributed by atoms with Crippen molar-refractivity contribution in [2.75, 3.05) is 31.1 Å². The van der Waals surface area contributed by atoms with Gasteiger partial charge in [-0.3, -0.25) is 0 Å². The van der Waals surface area contributed by atoms with Crippen molar-refractivity contribution in [3.63, 3.8) is 0 Å². The second-order valence-corrected chi connectivity index (χ2v) is 9.08. The Bertz CT molecular complexity index is 724. The Morgan fingerprint density at radius 2 is 2.04 bits per heavy atom. The number of anilines is 1. The maximum absolute atomic E-state index is 13.6. The zero-order chi connectivity index (χ0) is 18.0. The fraction of sp³-hybridized carbons (Fsp3) is 0.579. The highest BCUT2D eigenvalue weighted by atomic mass is 32.2. The number of benzene rings is 1. The normalized spacial score (nSPS) is 23.2. The molecule has 2 aliphatic rings. The smallest absolute Gasteiger partial charge is 0.249 e. The molecule has 2 aliphatic heterocycles. The van der Waals surface area contributed by atoms with Crippen LogP contribution in [0.1, 0.15) is 33.1 Å². The lowest BCUT2D eigenvalue weighted by atomic mass is 10.0. The van der Waals surface area contributed by atoms with Gasteiger partial charge in [-0.25, -0.2) is 8.42 Å². The number of nitrogens with zero attached hydrogens (tertiary/aromatic N) is 2. The van der Waals surface area contributed by atoms with Gasteiger partial charge in [0.2, 0.25) is 10.0 Å². The minimum Gasteiger partial charge on any atom is -0.490 e. The van der Waals surface area contributed by atoms with Crippen LogP contribution < -0.4 is 9.64 Å². The highest BCUT2D eigenvalue weighted by Gasteiger charge is 2.39. The molecule has 5 nitrogen and oxygen atoms in total. The fourth-order valence-corrected chi connectivity index (χ4v) is 5.69. The van der Waals surface area contributed by atoms with Gasteiger partial charge < -0.3 is 9.64 Å². The van der Waals surface area contributed by atoms with E-state index in [0.717, 1.165) is 38.0 Å². The SMILES string of the molecule is C=CCN1[C@H](CC(C)C)COc2cccc(N3CCCC3)c2S1(=O)=O. The fourth-order valence-electron chi connectivity index (χ4n) is 3.77. The second kappa shape index (κ2) is 7.38. The molecule has 0 radical (unpaired) electrons. The molecule has 0 spiro atoms. The van der Waals surface area contributed by atoms with Crippen molar-refractivity contribution >= 4 is 15.7 Å². The Hall–Kier alpha value is -1.53. The van der Waals surface area contributed by atoms with E-state index in [1.54, 1.807) is 16.4 Å². The molecule has 1 atom stereocenters. The number of hydrogen-bond donors (Lipinski definition) is 0. The van der Waals surface area contributed by atoms with Gasteiger partial charge >= 0.3 is 0 Å². The predicted octanol–water partition coefficient (Wildman–Crippen LogP) is 3.27. The number of rotatable bonds is 5. The van der Waals surface area contributed by atoms with Gasteiger partial charge in [-0.1, -0.05) is 26.0 Å². The first-order valence-corrected chi connectivity index (χ1v) is 10.5. The summed E-state index contributed by atoms with van der Waals surface area (Å²) < 4.78 is 34.7. The van der Waals surface area contributed by atoms with Crippen molar-refractivity contribution in [2.24, 2.45) is 5.92 Å². The predicted molar refractivity (Wildman–Crippen MR) is 101 cm³/mol. The van der Waals surface area contributed by atoms with E-state index in [1.165, 1.54) is 0 Å². The summed E-state index contributed by atoms with van der Waals surface area (Å²) in [5, 5.41) is 0. The molecule has 0 unspecified atom stereocenters. The summed E-state index contributed by atoms with van der Waals surface area (Å²) in [4.78, 5) is 2.49. The standard InChI is InChI=1S/C19H28N2O3S/c1-4-10-21-16(13-15(2)3)14-24-18-9-7-8-17(19(18)25(21,22)23)20-11-5-6-12-20/h4,7-9,15-16H,1,5-6,10-14H2,2-3H3/t16-/m1/s1. The van der Waals surface area contributed by atoms with Crippen LogP contribution in [0.15, 0.2) is 35.7 Å². The monoisotopic (exact) mass is 364 g/mol. The number of sulfonamides is 1. The third-order valence-electron chi connectivity index (χ3n) is 4.86. The van der Waals surface area contributed by atoms with Crippen LogP contribution in [0.5, 0.6) is 5.75 Å². The number of fused-ring (bicyclic) bond motifs is 1. The van der Waals surface area contributed by atoms with Crippen LogP contribution >= 0.6 is 0 Å². The van der Waals surface area contributed by atoms with Gasteiger partial charge in [0, 0.05) is 19.6 Å². The van der Waals surface area contributed by atoms with Crippen molar-refractivity contribution in [1.29, 1.82) is 0 Å². The Morgan fingerprint density at radius 3 is 2.68 bits per heavy atom. The molecule has 1 fully saturated rings. The molecule has 6 heteroatoms. The van der Waals surface area contributed by atoms with Crippen molar-refractivity contribution in [3.8, 4) is 5.75 Å². The zero-order valence-electron chi connectivity index (χ0n) is 15.1. The van der Waals surface area contributed by atoms with Crippen LogP contribution in [-0.4, -0.2) is 45.0 Å². The van der Waals surface area contributed by atoms with E-state index in [4.69, 9.17) is 4.74 Å². The molecule has 0 aromatic heterocycles. The highest BCUT2D eigenvalue weighted by molar-refractivity contribution is 7.89. The molecule has 0 bridgehead atoms. The number of hydrogen-bond acceptors (Lipinski definition) is 4. The molecule has 25 heavy (non-hydrogen) atoms. The molecule has 1 saturated heterocycles. The third kappa shape index (κ3) is 3.55. The average Bonchev–Trinajstić information content (AvgIpc) is 3.07. The van der Waals surface area contributed by atoms with E-state index in [-0.39, 0.29) is 6.04 Å².